The standard InChI is InChI=1S/C16H27N3O7/c1-3-13(21)17-9-5-4-6-12(15(24)25)19-16(26)18-11(10(2)20)7-8-14(22)23/h11-12H,3-9H2,1-2H3,(H,17,21)(H,22,23)(H,24,25)(H2,18,19,26)/t11-,12-/m0/s1. The van der Waals surface area contributed by atoms with Gasteiger partial charge in [-0.15, -0.1) is 0 Å². The minimum absolute atomic E-state index is 0.0764. The van der Waals surface area contributed by atoms with Gasteiger partial charge in [0.2, 0.25) is 5.91 Å². The number of Topliss-reactive ketones (excluding diaryl/α,β-unsaturated/α-hetero) is 1. The van der Waals surface area contributed by atoms with Gasteiger partial charge in [0.05, 0.1) is 6.04 Å². The monoisotopic (exact) mass is 373 g/mol. The Balaban J connectivity index is 4.39. The first-order valence-corrected chi connectivity index (χ1v) is 8.46. The van der Waals surface area contributed by atoms with Gasteiger partial charge in [0.1, 0.15) is 6.04 Å². The Hall–Kier alpha value is -2.65. The fourth-order valence-corrected chi connectivity index (χ4v) is 2.09. The molecule has 0 aromatic heterocycles. The van der Waals surface area contributed by atoms with E-state index in [-0.39, 0.29) is 25.2 Å². The number of hydrogen-bond donors (Lipinski definition) is 5. The number of ketones is 1. The minimum Gasteiger partial charge on any atom is -0.481 e. The average molecular weight is 373 g/mol. The molecule has 10 heteroatoms. The largest absolute Gasteiger partial charge is 0.481 e. The van der Waals surface area contributed by atoms with Crippen molar-refractivity contribution in [2.75, 3.05) is 6.54 Å². The van der Waals surface area contributed by atoms with E-state index in [0.29, 0.717) is 25.8 Å². The van der Waals surface area contributed by atoms with Gasteiger partial charge in [-0.25, -0.2) is 9.59 Å². The number of unbranched alkanes of at least 4 members (excludes halogenated alkanes) is 1. The molecule has 0 spiro atoms. The highest BCUT2D eigenvalue weighted by molar-refractivity contribution is 5.89. The zero-order chi connectivity index (χ0) is 20.1. The molecule has 0 saturated heterocycles. The number of carboxylic acids is 2. The third-order valence-electron chi connectivity index (χ3n) is 3.61. The van der Waals surface area contributed by atoms with Crippen LogP contribution in [0.3, 0.4) is 0 Å². The van der Waals surface area contributed by atoms with Gasteiger partial charge in [-0.3, -0.25) is 14.4 Å². The molecule has 0 aromatic rings. The van der Waals surface area contributed by atoms with Gasteiger partial charge in [-0.2, -0.15) is 0 Å². The molecule has 0 aromatic carbocycles. The summed E-state index contributed by atoms with van der Waals surface area (Å²) < 4.78 is 0. The van der Waals surface area contributed by atoms with Crippen LogP contribution in [0, 0.1) is 0 Å². The summed E-state index contributed by atoms with van der Waals surface area (Å²) >= 11 is 0. The predicted molar refractivity (Wildman–Crippen MR) is 91.6 cm³/mol. The van der Waals surface area contributed by atoms with Gasteiger partial charge in [-0.1, -0.05) is 6.92 Å². The molecular weight excluding hydrogens is 346 g/mol. The molecule has 0 rings (SSSR count). The number of nitrogens with one attached hydrogen (secondary N) is 3. The van der Waals surface area contributed by atoms with E-state index in [2.05, 4.69) is 16.0 Å². The number of aliphatic carboxylic acids is 2. The average Bonchev–Trinajstić information content (AvgIpc) is 2.56. The van der Waals surface area contributed by atoms with E-state index in [1.54, 1.807) is 6.92 Å². The van der Waals surface area contributed by atoms with Crippen LogP contribution in [0.15, 0.2) is 0 Å². The first-order valence-electron chi connectivity index (χ1n) is 8.46. The summed E-state index contributed by atoms with van der Waals surface area (Å²) in [5.74, 6) is -2.83. The van der Waals surface area contributed by atoms with Crippen molar-refractivity contribution in [2.24, 2.45) is 0 Å². The first-order chi connectivity index (χ1) is 12.2. The molecule has 2 atom stereocenters. The molecule has 5 N–H and O–H groups in total. The second kappa shape index (κ2) is 12.7. The second-order valence-electron chi connectivity index (χ2n) is 5.80. The SMILES string of the molecule is CCC(=O)NCCCC[C@H](NC(=O)N[C@@H](CCC(=O)O)C(C)=O)C(=O)O. The Labute approximate surface area is 151 Å². The summed E-state index contributed by atoms with van der Waals surface area (Å²) in [4.78, 5) is 56.2. The van der Waals surface area contributed by atoms with Gasteiger partial charge in [0.25, 0.3) is 0 Å². The van der Waals surface area contributed by atoms with E-state index in [9.17, 15) is 24.0 Å². The molecule has 0 heterocycles. The van der Waals surface area contributed by atoms with E-state index >= 15 is 0 Å². The first kappa shape index (κ1) is 23.4. The van der Waals surface area contributed by atoms with Crippen molar-refractivity contribution in [1.82, 2.24) is 16.0 Å². The van der Waals surface area contributed by atoms with Crippen LogP contribution < -0.4 is 16.0 Å². The van der Waals surface area contributed by atoms with Gasteiger partial charge >= 0.3 is 18.0 Å². The summed E-state index contributed by atoms with van der Waals surface area (Å²) in [5, 5.41) is 25.0. The summed E-state index contributed by atoms with van der Waals surface area (Å²) in [6, 6.07) is -2.99. The molecule has 0 saturated carbocycles. The molecule has 26 heavy (non-hydrogen) atoms. The van der Waals surface area contributed by atoms with E-state index in [0.717, 1.165) is 0 Å². The minimum atomic E-state index is -1.22. The molecule has 3 amide bonds. The van der Waals surface area contributed by atoms with E-state index < -0.39 is 35.8 Å². The number of carbonyl (C=O) groups is 5. The van der Waals surface area contributed by atoms with Crippen molar-refractivity contribution in [1.29, 1.82) is 0 Å². The smallest absolute Gasteiger partial charge is 0.326 e. The number of rotatable bonds is 13. The lowest BCUT2D eigenvalue weighted by Crippen LogP contribution is -2.50. The molecule has 0 aliphatic rings. The van der Waals surface area contributed by atoms with Crippen molar-refractivity contribution < 1.29 is 34.2 Å². The molecular formula is C16H27N3O7. The molecule has 0 radical (unpaired) electrons. The Morgan fingerprint density at radius 1 is 0.923 bits per heavy atom. The van der Waals surface area contributed by atoms with Crippen LogP contribution in [0.25, 0.3) is 0 Å². The lowest BCUT2D eigenvalue weighted by molar-refractivity contribution is -0.139. The third kappa shape index (κ3) is 11.0. The number of hydrogen-bond acceptors (Lipinski definition) is 5. The molecule has 148 valence electrons. The number of amides is 3. The van der Waals surface area contributed by atoms with E-state index in [1.165, 1.54) is 6.92 Å². The number of carboxylic acid groups (broad SMARTS) is 2. The Morgan fingerprint density at radius 2 is 1.54 bits per heavy atom. The van der Waals surface area contributed by atoms with Gasteiger partial charge in [0.15, 0.2) is 5.78 Å². The number of carbonyl (C=O) groups excluding carboxylic acids is 3. The van der Waals surface area contributed by atoms with Crippen LogP contribution in [-0.2, 0) is 19.2 Å². The maximum atomic E-state index is 11.9. The van der Waals surface area contributed by atoms with E-state index in [4.69, 9.17) is 10.2 Å². The van der Waals surface area contributed by atoms with Crippen LogP contribution in [0.5, 0.6) is 0 Å². The molecule has 0 bridgehead atoms. The Bertz CT molecular complexity index is 522. The van der Waals surface area contributed by atoms with Gasteiger partial charge in [0, 0.05) is 19.4 Å². The highest BCUT2D eigenvalue weighted by Gasteiger charge is 2.23. The summed E-state index contributed by atoms with van der Waals surface area (Å²) in [5.41, 5.74) is 0. The third-order valence-corrected chi connectivity index (χ3v) is 3.61. The topological polar surface area (TPSA) is 162 Å². The zero-order valence-electron chi connectivity index (χ0n) is 15.0. The van der Waals surface area contributed by atoms with Crippen LogP contribution in [-0.4, -0.2) is 58.5 Å². The highest BCUT2D eigenvalue weighted by Crippen LogP contribution is 2.03. The van der Waals surface area contributed by atoms with Gasteiger partial charge in [-0.05, 0) is 32.6 Å². The normalized spacial score (nSPS) is 12.5. The highest BCUT2D eigenvalue weighted by atomic mass is 16.4. The summed E-state index contributed by atoms with van der Waals surface area (Å²) in [6.45, 7) is 3.36. The fraction of sp³-hybridized carbons (Fsp3) is 0.688. The van der Waals surface area contributed by atoms with E-state index in [1.807, 2.05) is 0 Å². The Kier molecular flexibility index (Phi) is 11.4. The zero-order valence-corrected chi connectivity index (χ0v) is 15.0. The lowest BCUT2D eigenvalue weighted by atomic mass is 10.1. The maximum absolute atomic E-state index is 11.9. The lowest BCUT2D eigenvalue weighted by Gasteiger charge is -2.19. The van der Waals surface area contributed by atoms with Crippen LogP contribution >= 0.6 is 0 Å². The molecule has 0 aliphatic heterocycles. The van der Waals surface area contributed by atoms with Crippen molar-refractivity contribution in [3.8, 4) is 0 Å². The second-order valence-corrected chi connectivity index (χ2v) is 5.80. The van der Waals surface area contributed by atoms with Gasteiger partial charge < -0.3 is 26.2 Å². The van der Waals surface area contributed by atoms with Crippen molar-refractivity contribution in [3.05, 3.63) is 0 Å². The molecule has 0 fully saturated rings. The quantitative estimate of drug-likeness (QED) is 0.289. The number of urea groups is 1. The molecule has 0 unspecified atom stereocenters. The maximum Gasteiger partial charge on any atom is 0.326 e. The molecule has 0 aliphatic carbocycles. The van der Waals surface area contributed by atoms with Crippen molar-refractivity contribution >= 4 is 29.7 Å². The summed E-state index contributed by atoms with van der Waals surface area (Å²) in [6.07, 6.45) is 1.19. The van der Waals surface area contributed by atoms with Crippen LogP contribution in [0.1, 0.15) is 52.4 Å². The molecule has 10 nitrogen and oxygen atoms in total. The van der Waals surface area contributed by atoms with Crippen molar-refractivity contribution in [2.45, 2.75) is 64.5 Å². The summed E-state index contributed by atoms with van der Waals surface area (Å²) in [7, 11) is 0. The van der Waals surface area contributed by atoms with Crippen LogP contribution in [0.4, 0.5) is 4.79 Å². The Morgan fingerprint density at radius 3 is 2.04 bits per heavy atom. The van der Waals surface area contributed by atoms with Crippen molar-refractivity contribution in [3.63, 3.8) is 0 Å². The van der Waals surface area contributed by atoms with Crippen LogP contribution in [0.2, 0.25) is 0 Å². The predicted octanol–water partition coefficient (Wildman–Crippen LogP) is 0.258. The fourth-order valence-electron chi connectivity index (χ4n) is 2.09.